The fraction of sp³-hybridized carbons (Fsp3) is 0.478. The molecule has 5 nitrogen and oxygen atoms in total. The highest BCUT2D eigenvalue weighted by Gasteiger charge is 2.42. The molecule has 3 rings (SSSR count). The molecule has 0 amide bonds. The quantitative estimate of drug-likeness (QED) is 0.596. The second-order valence-corrected chi connectivity index (χ2v) is 8.01. The molecule has 1 aliphatic heterocycles. The molecular formula is C23H29ClO5. The molecule has 1 aliphatic rings. The predicted molar refractivity (Wildman–Crippen MR) is 112 cm³/mol. The zero-order valence-electron chi connectivity index (χ0n) is 16.8. The second-order valence-electron chi connectivity index (χ2n) is 7.61. The van der Waals surface area contributed by atoms with E-state index in [1.807, 2.05) is 30.3 Å². The number of aliphatic hydroxyl groups is 3. The van der Waals surface area contributed by atoms with Gasteiger partial charge in [-0.05, 0) is 54.7 Å². The summed E-state index contributed by atoms with van der Waals surface area (Å²) in [5, 5.41) is 31.0. The number of unbranched alkanes of at least 4 members (excludes halogenated alkanes) is 1. The molecule has 1 fully saturated rings. The average Bonchev–Trinajstić information content (AvgIpc) is 2.72. The molecule has 6 heteroatoms. The number of rotatable bonds is 7. The Bertz CT molecular complexity index is 794. The molecule has 2 aromatic carbocycles. The molecular weight excluding hydrogens is 392 g/mol. The zero-order valence-corrected chi connectivity index (χ0v) is 17.5. The van der Waals surface area contributed by atoms with Gasteiger partial charge in [-0.2, -0.15) is 0 Å². The van der Waals surface area contributed by atoms with Gasteiger partial charge >= 0.3 is 0 Å². The summed E-state index contributed by atoms with van der Waals surface area (Å²) in [6.45, 7) is 4.52. The zero-order chi connectivity index (χ0) is 21.0. The summed E-state index contributed by atoms with van der Waals surface area (Å²) in [6, 6.07) is 13.4. The smallest absolute Gasteiger partial charge is 0.119 e. The molecule has 0 aliphatic carbocycles. The second kappa shape index (κ2) is 9.92. The maximum absolute atomic E-state index is 10.4. The van der Waals surface area contributed by atoms with Crippen molar-refractivity contribution in [3.05, 3.63) is 64.2 Å². The van der Waals surface area contributed by atoms with Gasteiger partial charge in [0, 0.05) is 5.02 Å². The summed E-state index contributed by atoms with van der Waals surface area (Å²) >= 11 is 6.40. The van der Waals surface area contributed by atoms with Crippen molar-refractivity contribution in [1.29, 1.82) is 0 Å². The lowest BCUT2D eigenvalue weighted by Gasteiger charge is -2.39. The minimum Gasteiger partial charge on any atom is -0.494 e. The summed E-state index contributed by atoms with van der Waals surface area (Å²) in [4.78, 5) is 0. The fourth-order valence-electron chi connectivity index (χ4n) is 3.49. The summed E-state index contributed by atoms with van der Waals surface area (Å²) in [5.74, 6) is 0.849. The van der Waals surface area contributed by atoms with Crippen LogP contribution in [0.5, 0.6) is 5.75 Å². The molecule has 1 saturated heterocycles. The van der Waals surface area contributed by atoms with Crippen LogP contribution < -0.4 is 4.74 Å². The van der Waals surface area contributed by atoms with Gasteiger partial charge in [0.05, 0.1) is 12.7 Å². The van der Waals surface area contributed by atoms with E-state index in [0.717, 1.165) is 29.7 Å². The first-order valence-corrected chi connectivity index (χ1v) is 10.5. The first kappa shape index (κ1) is 22.1. The van der Waals surface area contributed by atoms with E-state index in [9.17, 15) is 15.3 Å². The molecule has 158 valence electrons. The van der Waals surface area contributed by atoms with Crippen LogP contribution in [0, 0.1) is 0 Å². The van der Waals surface area contributed by atoms with Crippen molar-refractivity contribution >= 4 is 11.6 Å². The van der Waals surface area contributed by atoms with Gasteiger partial charge in [-0.1, -0.05) is 49.2 Å². The summed E-state index contributed by atoms with van der Waals surface area (Å²) in [7, 11) is 0. The molecule has 0 spiro atoms. The van der Waals surface area contributed by atoms with Gasteiger partial charge in [0.1, 0.15) is 30.2 Å². The van der Waals surface area contributed by atoms with E-state index in [4.69, 9.17) is 21.1 Å². The molecule has 3 N–H and O–H groups in total. The van der Waals surface area contributed by atoms with Crippen LogP contribution in [-0.4, -0.2) is 46.3 Å². The van der Waals surface area contributed by atoms with Gasteiger partial charge in [-0.3, -0.25) is 0 Å². The first-order chi connectivity index (χ1) is 13.9. The van der Waals surface area contributed by atoms with E-state index in [-0.39, 0.29) is 0 Å². The fourth-order valence-corrected chi connectivity index (χ4v) is 3.68. The van der Waals surface area contributed by atoms with Gasteiger partial charge in [0.25, 0.3) is 0 Å². The standard InChI is InChI=1S/C23H29ClO5/c1-3-4-11-28-18-8-5-15(6-9-18)12-17-13-16(7-10-19(17)24)23-22(27)21(26)20(25)14(2)29-23/h5-10,13-14,20-23,25-27H,3-4,11-12H2,1-2H3. The Balaban J connectivity index is 1.74. The topological polar surface area (TPSA) is 79.2 Å². The highest BCUT2D eigenvalue weighted by molar-refractivity contribution is 6.31. The third-order valence-electron chi connectivity index (χ3n) is 5.34. The van der Waals surface area contributed by atoms with Gasteiger partial charge in [-0.25, -0.2) is 0 Å². The highest BCUT2D eigenvalue weighted by Crippen LogP contribution is 2.34. The number of ether oxygens (including phenoxy) is 2. The van der Waals surface area contributed by atoms with E-state index in [1.165, 1.54) is 0 Å². The molecule has 0 bridgehead atoms. The normalized spacial score (nSPS) is 27.0. The number of aliphatic hydroxyl groups excluding tert-OH is 3. The van der Waals surface area contributed by atoms with Crippen LogP contribution in [0.15, 0.2) is 42.5 Å². The van der Waals surface area contributed by atoms with Crippen molar-refractivity contribution in [2.75, 3.05) is 6.61 Å². The molecule has 0 saturated carbocycles. The number of halogens is 1. The summed E-state index contributed by atoms with van der Waals surface area (Å²) in [5.41, 5.74) is 2.70. The maximum Gasteiger partial charge on any atom is 0.119 e. The highest BCUT2D eigenvalue weighted by atomic mass is 35.5. The Kier molecular flexibility index (Phi) is 7.55. The van der Waals surface area contributed by atoms with Crippen LogP contribution in [0.3, 0.4) is 0 Å². The molecule has 1 heterocycles. The predicted octanol–water partition coefficient (Wildman–Crippen LogP) is 3.65. The SMILES string of the molecule is CCCCOc1ccc(Cc2cc(C3OC(C)C(O)C(O)C3O)ccc2Cl)cc1. The minimum atomic E-state index is -1.26. The number of hydrogen-bond acceptors (Lipinski definition) is 5. The molecule has 5 unspecified atom stereocenters. The van der Waals surface area contributed by atoms with Crippen LogP contribution in [0.2, 0.25) is 5.02 Å². The Morgan fingerprint density at radius 1 is 1.00 bits per heavy atom. The van der Waals surface area contributed by atoms with E-state index in [0.29, 0.717) is 23.6 Å². The van der Waals surface area contributed by atoms with E-state index in [2.05, 4.69) is 6.92 Å². The van der Waals surface area contributed by atoms with Gasteiger partial charge in [0.2, 0.25) is 0 Å². The first-order valence-electron chi connectivity index (χ1n) is 10.1. The van der Waals surface area contributed by atoms with Gasteiger partial charge < -0.3 is 24.8 Å². The number of hydrogen-bond donors (Lipinski definition) is 3. The Labute approximate surface area is 176 Å². The lowest BCUT2D eigenvalue weighted by molar-refractivity contribution is -0.219. The third kappa shape index (κ3) is 5.30. The third-order valence-corrected chi connectivity index (χ3v) is 5.70. The monoisotopic (exact) mass is 420 g/mol. The Hall–Kier alpha value is -1.63. The molecule has 2 aromatic rings. The lowest BCUT2D eigenvalue weighted by Crippen LogP contribution is -2.53. The number of benzene rings is 2. The van der Waals surface area contributed by atoms with Crippen molar-refractivity contribution < 1.29 is 24.8 Å². The molecule has 0 aromatic heterocycles. The van der Waals surface area contributed by atoms with Gasteiger partial charge in [-0.15, -0.1) is 0 Å². The van der Waals surface area contributed by atoms with E-state index in [1.54, 1.807) is 19.1 Å². The van der Waals surface area contributed by atoms with E-state index >= 15 is 0 Å². The van der Waals surface area contributed by atoms with Crippen LogP contribution in [0.1, 0.15) is 49.5 Å². The van der Waals surface area contributed by atoms with Crippen LogP contribution in [0.25, 0.3) is 0 Å². The van der Waals surface area contributed by atoms with Crippen molar-refractivity contribution in [3.8, 4) is 5.75 Å². The van der Waals surface area contributed by atoms with Gasteiger partial charge in [0.15, 0.2) is 0 Å². The van der Waals surface area contributed by atoms with Crippen molar-refractivity contribution in [2.24, 2.45) is 0 Å². The van der Waals surface area contributed by atoms with Crippen LogP contribution in [-0.2, 0) is 11.2 Å². The van der Waals surface area contributed by atoms with Crippen molar-refractivity contribution in [2.45, 2.75) is 63.6 Å². The Morgan fingerprint density at radius 2 is 1.72 bits per heavy atom. The largest absolute Gasteiger partial charge is 0.494 e. The van der Waals surface area contributed by atoms with Crippen LogP contribution in [0.4, 0.5) is 0 Å². The lowest BCUT2D eigenvalue weighted by atomic mass is 9.90. The maximum atomic E-state index is 10.4. The molecule has 5 atom stereocenters. The molecule has 0 radical (unpaired) electrons. The summed E-state index contributed by atoms with van der Waals surface area (Å²) < 4.78 is 11.5. The average molecular weight is 421 g/mol. The molecule has 29 heavy (non-hydrogen) atoms. The minimum absolute atomic E-state index is 0.585. The summed E-state index contributed by atoms with van der Waals surface area (Å²) in [6.07, 6.45) is -2.16. The van der Waals surface area contributed by atoms with E-state index < -0.39 is 30.5 Å². The van der Waals surface area contributed by atoms with Crippen molar-refractivity contribution in [1.82, 2.24) is 0 Å². The van der Waals surface area contributed by atoms with Crippen molar-refractivity contribution in [3.63, 3.8) is 0 Å². The van der Waals surface area contributed by atoms with Crippen LogP contribution >= 0.6 is 11.6 Å². The Morgan fingerprint density at radius 3 is 2.41 bits per heavy atom.